The van der Waals surface area contributed by atoms with Crippen LogP contribution < -0.4 is 33.1 Å². The lowest BCUT2D eigenvalue weighted by Gasteiger charge is -2.02. The molecular formula is C15H28N4O9-2. The summed E-state index contributed by atoms with van der Waals surface area (Å²) in [5.74, 6) is -6.44. The number of rotatable bonds is 12. The van der Waals surface area contributed by atoms with Crippen molar-refractivity contribution in [3.8, 4) is 0 Å². The molecule has 0 bridgehead atoms. The summed E-state index contributed by atoms with van der Waals surface area (Å²) in [4.78, 5) is 49.5. The summed E-state index contributed by atoms with van der Waals surface area (Å²) in [5, 5.41) is 35.8. The van der Waals surface area contributed by atoms with Gasteiger partial charge in [0.15, 0.2) is 5.78 Å². The Morgan fingerprint density at radius 3 is 1.32 bits per heavy atom. The van der Waals surface area contributed by atoms with Crippen molar-refractivity contribution >= 4 is 29.7 Å². The predicted octanol–water partition coefficient (Wildman–Crippen LogP) is -4.89. The van der Waals surface area contributed by atoms with Crippen LogP contribution in [0.5, 0.6) is 0 Å². The molecule has 0 rings (SSSR count). The van der Waals surface area contributed by atoms with Crippen molar-refractivity contribution in [1.29, 1.82) is 0 Å². The van der Waals surface area contributed by atoms with Crippen LogP contribution in [0.2, 0.25) is 0 Å². The highest BCUT2D eigenvalue weighted by Gasteiger charge is 2.09. The third kappa shape index (κ3) is 23.4. The average molecular weight is 408 g/mol. The van der Waals surface area contributed by atoms with Gasteiger partial charge in [-0.3, -0.25) is 14.4 Å². The minimum Gasteiger partial charge on any atom is -0.550 e. The normalized spacial score (nSPS) is 11.6. The zero-order chi connectivity index (χ0) is 22.7. The lowest BCUT2D eigenvalue weighted by atomic mass is 10.2. The first-order chi connectivity index (χ1) is 12.9. The van der Waals surface area contributed by atoms with Gasteiger partial charge in [-0.15, -0.1) is 0 Å². The van der Waals surface area contributed by atoms with Gasteiger partial charge in [0.1, 0.15) is 18.1 Å². The molecule has 0 aromatic carbocycles. The smallest absolute Gasteiger partial charge is 0.320 e. The van der Waals surface area contributed by atoms with E-state index in [4.69, 9.17) is 33.1 Å². The number of ketones is 1. The molecule has 0 amide bonds. The molecule has 0 unspecified atom stereocenters. The molecule has 10 N–H and O–H groups in total. The Balaban J connectivity index is -0.000000336. The number of hydrogen-bond donors (Lipinski definition) is 6. The van der Waals surface area contributed by atoms with Gasteiger partial charge in [-0.25, -0.2) is 0 Å². The Bertz CT molecular complexity index is 476. The maximum atomic E-state index is 10.1. The van der Waals surface area contributed by atoms with E-state index in [2.05, 4.69) is 0 Å². The monoisotopic (exact) mass is 408 g/mol. The fourth-order valence-electron chi connectivity index (χ4n) is 1.24. The molecule has 13 heteroatoms. The first-order valence-electron chi connectivity index (χ1n) is 8.21. The summed E-state index contributed by atoms with van der Waals surface area (Å²) in [6.45, 7) is 1.00. The van der Waals surface area contributed by atoms with Crippen molar-refractivity contribution < 1.29 is 44.4 Å². The lowest BCUT2D eigenvalue weighted by molar-refractivity contribution is -0.306. The summed E-state index contributed by atoms with van der Waals surface area (Å²) in [5.41, 5.74) is 20.6. The molecule has 0 aromatic heterocycles. The minimum absolute atomic E-state index is 0.464. The predicted molar refractivity (Wildman–Crippen MR) is 92.1 cm³/mol. The third-order valence-electron chi connectivity index (χ3n) is 2.86. The van der Waals surface area contributed by atoms with Crippen LogP contribution in [-0.2, 0) is 24.0 Å². The van der Waals surface area contributed by atoms with E-state index in [1.807, 2.05) is 0 Å². The van der Waals surface area contributed by atoms with Gasteiger partial charge >= 0.3 is 11.9 Å². The summed E-state index contributed by atoms with van der Waals surface area (Å²) in [6.07, 6.45) is 1.13. The number of hydrogen-bond acceptors (Lipinski definition) is 11. The average Bonchev–Trinajstić information content (AvgIpc) is 2.62. The van der Waals surface area contributed by atoms with Gasteiger partial charge in [0.25, 0.3) is 0 Å². The van der Waals surface area contributed by atoms with E-state index in [-0.39, 0.29) is 0 Å². The summed E-state index contributed by atoms with van der Waals surface area (Å²) >= 11 is 0. The number of Topliss-reactive ketones (excluding diaryl/α,β-unsaturated/α-hetero) is 1. The number of carbonyl (C=O) groups excluding carboxylic acids is 3. The van der Waals surface area contributed by atoms with Crippen LogP contribution in [0.4, 0.5) is 0 Å². The van der Waals surface area contributed by atoms with Crippen molar-refractivity contribution in [3.05, 3.63) is 0 Å². The molecule has 164 valence electrons. The highest BCUT2D eigenvalue weighted by molar-refractivity contribution is 6.31. The molecule has 0 aliphatic heterocycles. The summed E-state index contributed by atoms with van der Waals surface area (Å²) in [7, 11) is 0. The van der Waals surface area contributed by atoms with E-state index in [0.717, 1.165) is 0 Å². The van der Waals surface area contributed by atoms with Crippen LogP contribution in [0.3, 0.4) is 0 Å². The standard InChI is InChI=1S/2C5H12N2O2.C5H6O5/c2*6-3-1-2-4(7)5(8)9;6-3(5(9)10)1-2-4(7)8/h2*4H,1-3,6-7H2,(H,8,9);1-2H2,(H,7,8)(H,9,10)/p-2/t2*4-;/m00./s1. The van der Waals surface area contributed by atoms with Gasteiger partial charge in [-0.05, 0) is 45.2 Å². The van der Waals surface area contributed by atoms with Gasteiger partial charge in [0, 0.05) is 12.4 Å². The minimum atomic E-state index is -1.86. The number of carboxylic acids is 4. The third-order valence-corrected chi connectivity index (χ3v) is 2.86. The number of carbonyl (C=O) groups is 5. The van der Waals surface area contributed by atoms with Crippen LogP contribution >= 0.6 is 0 Å². The number of aliphatic carboxylic acids is 4. The SMILES string of the molecule is NCCC[C@H](N)C(=O)O.NCCC[C@H](N)C(=O)O.O=C([O-])CCC(=O)C(=O)[O-]. The van der Waals surface area contributed by atoms with Gasteiger partial charge < -0.3 is 52.9 Å². The maximum absolute atomic E-state index is 10.1. The van der Waals surface area contributed by atoms with Crippen molar-refractivity contribution in [3.63, 3.8) is 0 Å². The highest BCUT2D eigenvalue weighted by atomic mass is 16.4. The zero-order valence-electron chi connectivity index (χ0n) is 15.4. The molecule has 0 saturated heterocycles. The second-order valence-electron chi connectivity index (χ2n) is 5.33. The maximum Gasteiger partial charge on any atom is 0.320 e. The molecule has 2 atom stereocenters. The summed E-state index contributed by atoms with van der Waals surface area (Å²) in [6, 6.07) is -1.48. The lowest BCUT2D eigenvalue weighted by Crippen LogP contribution is -2.33. The van der Waals surface area contributed by atoms with Crippen molar-refractivity contribution in [2.45, 2.75) is 50.6 Å². The topological polar surface area (TPSA) is 276 Å². The molecule has 0 heterocycles. The van der Waals surface area contributed by atoms with Gasteiger partial charge in [0.2, 0.25) is 0 Å². The van der Waals surface area contributed by atoms with Crippen LogP contribution in [0.1, 0.15) is 38.5 Å². The first-order valence-corrected chi connectivity index (χ1v) is 8.21. The molecule has 0 aliphatic carbocycles. The quantitative estimate of drug-likeness (QED) is 0.165. The van der Waals surface area contributed by atoms with Crippen molar-refractivity contribution in [2.75, 3.05) is 13.1 Å². The van der Waals surface area contributed by atoms with Crippen LogP contribution in [0.15, 0.2) is 0 Å². The molecule has 0 aromatic rings. The van der Waals surface area contributed by atoms with E-state index in [1.54, 1.807) is 0 Å². The van der Waals surface area contributed by atoms with Gasteiger partial charge in [-0.2, -0.15) is 0 Å². The molecule has 0 radical (unpaired) electrons. The van der Waals surface area contributed by atoms with E-state index >= 15 is 0 Å². The van der Waals surface area contributed by atoms with Crippen molar-refractivity contribution in [1.82, 2.24) is 0 Å². The van der Waals surface area contributed by atoms with E-state index in [9.17, 15) is 34.2 Å². The zero-order valence-corrected chi connectivity index (χ0v) is 15.4. The van der Waals surface area contributed by atoms with Crippen LogP contribution in [0, 0.1) is 0 Å². The Morgan fingerprint density at radius 2 is 1.11 bits per heavy atom. The van der Waals surface area contributed by atoms with E-state index < -0.39 is 54.6 Å². The highest BCUT2D eigenvalue weighted by Crippen LogP contribution is 1.91. The fourth-order valence-corrected chi connectivity index (χ4v) is 1.24. The van der Waals surface area contributed by atoms with Crippen LogP contribution in [-0.4, -0.2) is 65.0 Å². The molecular weight excluding hydrogens is 380 g/mol. The molecule has 0 fully saturated rings. The second-order valence-corrected chi connectivity index (χ2v) is 5.33. The van der Waals surface area contributed by atoms with Crippen molar-refractivity contribution in [2.24, 2.45) is 22.9 Å². The molecule has 0 spiro atoms. The number of nitrogens with two attached hydrogens (primary N) is 4. The Hall–Kier alpha value is -2.61. The number of carboxylic acid groups (broad SMARTS) is 4. The van der Waals surface area contributed by atoms with E-state index in [1.165, 1.54) is 0 Å². The first kappa shape index (κ1) is 30.1. The molecule has 13 nitrogen and oxygen atoms in total. The Morgan fingerprint density at radius 1 is 0.750 bits per heavy atom. The van der Waals surface area contributed by atoms with Gasteiger partial charge in [0.05, 0.1) is 0 Å². The summed E-state index contributed by atoms with van der Waals surface area (Å²) < 4.78 is 0. The van der Waals surface area contributed by atoms with Crippen LogP contribution in [0.25, 0.3) is 0 Å². The molecule has 0 aliphatic rings. The van der Waals surface area contributed by atoms with E-state index in [0.29, 0.717) is 38.8 Å². The van der Waals surface area contributed by atoms with Gasteiger partial charge in [-0.1, -0.05) is 0 Å². The Labute approximate surface area is 161 Å². The molecule has 0 saturated carbocycles. The second kappa shape index (κ2) is 19.2. The molecule has 28 heavy (non-hydrogen) atoms. The fraction of sp³-hybridized carbons (Fsp3) is 0.667. The Kier molecular flexibility index (Phi) is 20.6. The largest absolute Gasteiger partial charge is 0.550 e.